The molecule has 0 radical (unpaired) electrons. The number of aliphatic carboxylic acids is 1. The Balaban J connectivity index is 2.16. The molecule has 0 bridgehead atoms. The van der Waals surface area contributed by atoms with Gasteiger partial charge >= 0.3 is 5.97 Å². The van der Waals surface area contributed by atoms with Crippen LogP contribution < -0.4 is 10.2 Å². The highest BCUT2D eigenvalue weighted by Gasteiger charge is 2.21. The molecule has 0 aromatic heterocycles. The summed E-state index contributed by atoms with van der Waals surface area (Å²) in [5.41, 5.74) is 2.34. The van der Waals surface area contributed by atoms with Crippen molar-refractivity contribution in [3.63, 3.8) is 0 Å². The van der Waals surface area contributed by atoms with E-state index in [0.717, 1.165) is 11.3 Å². The molecule has 0 aliphatic carbocycles. The number of carboxylic acid groups (broad SMARTS) is 1. The van der Waals surface area contributed by atoms with Crippen LogP contribution in [-0.4, -0.2) is 29.9 Å². The monoisotopic (exact) mass is 262 g/mol. The van der Waals surface area contributed by atoms with E-state index in [1.807, 2.05) is 0 Å². The fourth-order valence-electron chi connectivity index (χ4n) is 2.08. The van der Waals surface area contributed by atoms with Crippen molar-refractivity contribution in [2.45, 2.75) is 19.3 Å². The van der Waals surface area contributed by atoms with Gasteiger partial charge in [-0.1, -0.05) is 0 Å². The van der Waals surface area contributed by atoms with Gasteiger partial charge in [0.1, 0.15) is 6.42 Å². The lowest BCUT2D eigenvalue weighted by molar-refractivity contribution is -0.139. The average molecular weight is 262 g/mol. The third-order valence-corrected chi connectivity index (χ3v) is 3.02. The van der Waals surface area contributed by atoms with Crippen molar-refractivity contribution in [2.75, 3.05) is 17.3 Å². The second-order valence-corrected chi connectivity index (χ2v) is 4.41. The van der Waals surface area contributed by atoms with Gasteiger partial charge < -0.3 is 15.3 Å². The molecule has 2 amide bonds. The number of rotatable bonds is 3. The minimum Gasteiger partial charge on any atom is -0.481 e. The summed E-state index contributed by atoms with van der Waals surface area (Å²) in [6, 6.07) is 5.19. The van der Waals surface area contributed by atoms with E-state index in [-0.39, 0.29) is 5.91 Å². The first-order valence-electron chi connectivity index (χ1n) is 5.88. The number of carbonyl (C=O) groups is 3. The van der Waals surface area contributed by atoms with Crippen molar-refractivity contribution in [1.29, 1.82) is 0 Å². The Morgan fingerprint density at radius 3 is 2.79 bits per heavy atom. The van der Waals surface area contributed by atoms with Gasteiger partial charge in [0.25, 0.3) is 0 Å². The number of aryl methyl sites for hydroxylation is 1. The molecule has 0 saturated heterocycles. The summed E-state index contributed by atoms with van der Waals surface area (Å²) in [6.07, 6.45) is 0.507. The Labute approximate surface area is 110 Å². The van der Waals surface area contributed by atoms with Crippen molar-refractivity contribution in [2.24, 2.45) is 0 Å². The van der Waals surface area contributed by atoms with Crippen molar-refractivity contribution in [1.82, 2.24) is 0 Å². The minimum absolute atomic E-state index is 0.0650. The van der Waals surface area contributed by atoms with Crippen molar-refractivity contribution in [3.05, 3.63) is 23.8 Å². The number of fused-ring (bicyclic) bond motifs is 1. The number of nitrogens with one attached hydrogen (secondary N) is 1. The third kappa shape index (κ3) is 2.90. The molecule has 0 spiro atoms. The number of benzene rings is 1. The first-order chi connectivity index (χ1) is 8.97. The van der Waals surface area contributed by atoms with Crippen LogP contribution in [0.15, 0.2) is 18.2 Å². The van der Waals surface area contributed by atoms with Gasteiger partial charge in [0.15, 0.2) is 0 Å². The SMILES string of the molecule is CN1C(=O)CCc2cc(NC(=O)CC(=O)O)ccc21. The molecule has 1 aromatic rings. The summed E-state index contributed by atoms with van der Waals surface area (Å²) in [5.74, 6) is -1.66. The first kappa shape index (κ1) is 13.1. The summed E-state index contributed by atoms with van der Waals surface area (Å²) < 4.78 is 0. The second kappa shape index (κ2) is 5.09. The van der Waals surface area contributed by atoms with E-state index in [4.69, 9.17) is 5.11 Å². The van der Waals surface area contributed by atoms with Gasteiger partial charge in [-0.25, -0.2) is 0 Å². The molecule has 0 saturated carbocycles. The summed E-state index contributed by atoms with van der Waals surface area (Å²) in [6.45, 7) is 0. The predicted molar refractivity (Wildman–Crippen MR) is 69.1 cm³/mol. The Morgan fingerprint density at radius 2 is 2.11 bits per heavy atom. The quantitative estimate of drug-likeness (QED) is 0.796. The number of carbonyl (C=O) groups excluding carboxylic acids is 2. The normalized spacial score (nSPS) is 13.9. The van der Waals surface area contributed by atoms with Crippen LogP contribution in [0.25, 0.3) is 0 Å². The zero-order chi connectivity index (χ0) is 14.0. The molecular weight excluding hydrogens is 248 g/mol. The number of anilines is 2. The maximum Gasteiger partial charge on any atom is 0.312 e. The summed E-state index contributed by atoms with van der Waals surface area (Å²) in [4.78, 5) is 34.9. The maximum absolute atomic E-state index is 11.5. The topological polar surface area (TPSA) is 86.7 Å². The van der Waals surface area contributed by atoms with Crippen LogP contribution in [0.3, 0.4) is 0 Å². The largest absolute Gasteiger partial charge is 0.481 e. The lowest BCUT2D eigenvalue weighted by Crippen LogP contribution is -2.31. The molecule has 1 heterocycles. The van der Waals surface area contributed by atoms with Gasteiger partial charge in [0.2, 0.25) is 11.8 Å². The van der Waals surface area contributed by atoms with Crippen molar-refractivity contribution >= 4 is 29.2 Å². The highest BCUT2D eigenvalue weighted by molar-refractivity contribution is 6.02. The fourth-order valence-corrected chi connectivity index (χ4v) is 2.08. The zero-order valence-electron chi connectivity index (χ0n) is 10.5. The number of carboxylic acids is 1. The Morgan fingerprint density at radius 1 is 1.37 bits per heavy atom. The van der Waals surface area contributed by atoms with E-state index in [2.05, 4.69) is 5.32 Å². The van der Waals surface area contributed by atoms with E-state index in [1.165, 1.54) is 0 Å². The average Bonchev–Trinajstić information content (AvgIpc) is 2.33. The zero-order valence-corrected chi connectivity index (χ0v) is 10.5. The fraction of sp³-hybridized carbons (Fsp3) is 0.308. The molecular formula is C13H14N2O4. The smallest absolute Gasteiger partial charge is 0.312 e. The molecule has 2 rings (SSSR count). The van der Waals surface area contributed by atoms with Crippen LogP contribution >= 0.6 is 0 Å². The van der Waals surface area contributed by atoms with Gasteiger partial charge in [-0.2, -0.15) is 0 Å². The van der Waals surface area contributed by atoms with Crippen molar-refractivity contribution in [3.8, 4) is 0 Å². The molecule has 100 valence electrons. The van der Waals surface area contributed by atoms with Crippen LogP contribution in [-0.2, 0) is 20.8 Å². The molecule has 1 aliphatic heterocycles. The van der Waals surface area contributed by atoms with Gasteiger partial charge in [0, 0.05) is 24.8 Å². The molecule has 2 N–H and O–H groups in total. The number of hydrogen-bond acceptors (Lipinski definition) is 3. The molecule has 1 aliphatic rings. The highest BCUT2D eigenvalue weighted by atomic mass is 16.4. The lowest BCUT2D eigenvalue weighted by Gasteiger charge is -2.26. The number of nitrogens with zero attached hydrogens (tertiary/aromatic N) is 1. The summed E-state index contributed by atoms with van der Waals surface area (Å²) in [7, 11) is 1.71. The van der Waals surface area contributed by atoms with Crippen molar-refractivity contribution < 1.29 is 19.5 Å². The predicted octanol–water partition coefficient (Wildman–Crippen LogP) is 1.01. The highest BCUT2D eigenvalue weighted by Crippen LogP contribution is 2.29. The van der Waals surface area contributed by atoms with E-state index < -0.39 is 18.3 Å². The van der Waals surface area contributed by atoms with E-state index in [9.17, 15) is 14.4 Å². The van der Waals surface area contributed by atoms with Gasteiger partial charge in [-0.3, -0.25) is 14.4 Å². The first-order valence-corrected chi connectivity index (χ1v) is 5.88. The molecule has 0 fully saturated rings. The van der Waals surface area contributed by atoms with E-state index in [0.29, 0.717) is 18.5 Å². The molecule has 1 aromatic carbocycles. The molecule has 0 atom stereocenters. The summed E-state index contributed by atoms with van der Waals surface area (Å²) >= 11 is 0. The number of amides is 2. The van der Waals surface area contributed by atoms with E-state index >= 15 is 0 Å². The Kier molecular flexibility index (Phi) is 3.50. The van der Waals surface area contributed by atoms with Crippen LogP contribution in [0.1, 0.15) is 18.4 Å². The van der Waals surface area contributed by atoms with Gasteiger partial charge in [-0.05, 0) is 30.2 Å². The maximum atomic E-state index is 11.5. The van der Waals surface area contributed by atoms with Crippen LogP contribution in [0.2, 0.25) is 0 Å². The second-order valence-electron chi connectivity index (χ2n) is 4.41. The Bertz CT molecular complexity index is 554. The summed E-state index contributed by atoms with van der Waals surface area (Å²) in [5, 5.41) is 11.0. The molecule has 0 unspecified atom stereocenters. The minimum atomic E-state index is -1.17. The molecule has 6 nitrogen and oxygen atoms in total. The van der Waals surface area contributed by atoms with Crippen LogP contribution in [0.5, 0.6) is 0 Å². The Hall–Kier alpha value is -2.37. The number of hydrogen-bond donors (Lipinski definition) is 2. The van der Waals surface area contributed by atoms with Gasteiger partial charge in [-0.15, -0.1) is 0 Å². The third-order valence-electron chi connectivity index (χ3n) is 3.02. The molecule has 6 heteroatoms. The molecule has 19 heavy (non-hydrogen) atoms. The van der Waals surface area contributed by atoms with Gasteiger partial charge in [0.05, 0.1) is 0 Å². The van der Waals surface area contributed by atoms with E-state index in [1.54, 1.807) is 30.1 Å². The van der Waals surface area contributed by atoms with Crippen LogP contribution in [0.4, 0.5) is 11.4 Å². The lowest BCUT2D eigenvalue weighted by atomic mass is 10.0. The standard InChI is InChI=1S/C13H14N2O4/c1-15-10-4-3-9(14-11(16)7-13(18)19)6-8(10)2-5-12(15)17/h3-4,6H,2,5,7H2,1H3,(H,14,16)(H,18,19). The van der Waals surface area contributed by atoms with Crippen LogP contribution in [0, 0.1) is 0 Å².